The van der Waals surface area contributed by atoms with E-state index in [9.17, 15) is 9.59 Å². The van der Waals surface area contributed by atoms with Crippen LogP contribution in [0.1, 0.15) is 17.0 Å². The van der Waals surface area contributed by atoms with Crippen LogP contribution < -0.4 is 5.32 Å². The number of carboxylic acids is 1. The van der Waals surface area contributed by atoms with Gasteiger partial charge in [-0.25, -0.2) is 19.7 Å². The van der Waals surface area contributed by atoms with Crippen molar-refractivity contribution in [2.24, 2.45) is 0 Å². The fourth-order valence-corrected chi connectivity index (χ4v) is 3.96. The number of hydrogen-bond donors (Lipinski definition) is 2. The van der Waals surface area contributed by atoms with Crippen molar-refractivity contribution in [3.05, 3.63) is 72.3 Å². The van der Waals surface area contributed by atoms with Crippen molar-refractivity contribution in [2.45, 2.75) is 12.5 Å². The van der Waals surface area contributed by atoms with E-state index >= 15 is 0 Å². The highest BCUT2D eigenvalue weighted by molar-refractivity contribution is 5.93. The monoisotopic (exact) mass is 415 g/mol. The second-order valence-electron chi connectivity index (χ2n) is 7.11. The van der Waals surface area contributed by atoms with Crippen molar-refractivity contribution in [1.29, 1.82) is 0 Å². The standard InChI is InChI=1S/C22H17N5O4/c28-18(29)9-27-12-25-19-20(23-11-24-21(19)27)26-22(30)31-10-17-15-7-3-1-5-13(15)14-6-2-4-8-16(14)17/h1-8,11-12,17H,9-10H2,(H,28,29)(H,23,24,26,30). The van der Waals surface area contributed by atoms with Gasteiger partial charge in [0.1, 0.15) is 19.5 Å². The van der Waals surface area contributed by atoms with Gasteiger partial charge in [0, 0.05) is 5.92 Å². The molecular weight excluding hydrogens is 398 g/mol. The zero-order valence-corrected chi connectivity index (χ0v) is 16.2. The summed E-state index contributed by atoms with van der Waals surface area (Å²) in [6, 6.07) is 16.2. The Morgan fingerprint density at radius 3 is 2.35 bits per heavy atom. The highest BCUT2D eigenvalue weighted by Crippen LogP contribution is 2.44. The molecule has 0 bridgehead atoms. The summed E-state index contributed by atoms with van der Waals surface area (Å²) in [5, 5.41) is 11.6. The van der Waals surface area contributed by atoms with Crippen LogP contribution in [0.5, 0.6) is 0 Å². The van der Waals surface area contributed by atoms with E-state index in [1.807, 2.05) is 36.4 Å². The number of carbonyl (C=O) groups is 2. The van der Waals surface area contributed by atoms with Crippen molar-refractivity contribution in [3.8, 4) is 11.1 Å². The SMILES string of the molecule is O=C(O)Cn1cnc2c(NC(=O)OCC3c4ccccc4-c4ccccc43)ncnc21. The number of fused-ring (bicyclic) bond motifs is 4. The summed E-state index contributed by atoms with van der Waals surface area (Å²) in [5.41, 5.74) is 5.13. The van der Waals surface area contributed by atoms with Gasteiger partial charge in [-0.1, -0.05) is 48.5 Å². The third-order valence-corrected chi connectivity index (χ3v) is 5.27. The Morgan fingerprint density at radius 2 is 1.68 bits per heavy atom. The molecule has 154 valence electrons. The van der Waals surface area contributed by atoms with E-state index in [1.54, 1.807) is 0 Å². The van der Waals surface area contributed by atoms with Gasteiger partial charge in [0.25, 0.3) is 0 Å². The van der Waals surface area contributed by atoms with Gasteiger partial charge in [-0.2, -0.15) is 0 Å². The fraction of sp³-hybridized carbons (Fsp3) is 0.136. The molecule has 2 heterocycles. The van der Waals surface area contributed by atoms with Crippen LogP contribution in [0.2, 0.25) is 0 Å². The molecule has 1 aliphatic carbocycles. The average Bonchev–Trinajstić information content (AvgIpc) is 3.32. The number of benzene rings is 2. The van der Waals surface area contributed by atoms with Gasteiger partial charge in [-0.05, 0) is 22.3 Å². The Morgan fingerprint density at radius 1 is 1.00 bits per heavy atom. The second-order valence-corrected chi connectivity index (χ2v) is 7.11. The summed E-state index contributed by atoms with van der Waals surface area (Å²) in [6.07, 6.45) is 1.91. The summed E-state index contributed by atoms with van der Waals surface area (Å²) in [7, 11) is 0. The number of ether oxygens (including phenoxy) is 1. The summed E-state index contributed by atoms with van der Waals surface area (Å²) in [4.78, 5) is 35.7. The summed E-state index contributed by atoms with van der Waals surface area (Å²) in [5.74, 6) is -0.923. The molecule has 0 radical (unpaired) electrons. The van der Waals surface area contributed by atoms with Gasteiger partial charge < -0.3 is 14.4 Å². The first-order chi connectivity index (χ1) is 15.1. The molecule has 0 fully saturated rings. The van der Waals surface area contributed by atoms with Crippen molar-refractivity contribution in [2.75, 3.05) is 11.9 Å². The van der Waals surface area contributed by atoms with E-state index in [-0.39, 0.29) is 30.4 Å². The normalized spacial score (nSPS) is 12.4. The molecule has 2 aromatic heterocycles. The Balaban J connectivity index is 1.33. The molecule has 1 aliphatic rings. The van der Waals surface area contributed by atoms with Gasteiger partial charge in [-0.15, -0.1) is 0 Å². The first-order valence-electron chi connectivity index (χ1n) is 9.61. The summed E-state index contributed by atoms with van der Waals surface area (Å²) < 4.78 is 6.89. The maximum Gasteiger partial charge on any atom is 0.412 e. The molecule has 2 aromatic carbocycles. The average molecular weight is 415 g/mol. The third kappa shape index (κ3) is 3.35. The maximum absolute atomic E-state index is 12.5. The number of nitrogens with one attached hydrogen (secondary N) is 1. The molecule has 1 amide bonds. The molecule has 4 aromatic rings. The lowest BCUT2D eigenvalue weighted by molar-refractivity contribution is -0.137. The Labute approximate surface area is 176 Å². The number of carboxylic acid groups (broad SMARTS) is 1. The third-order valence-electron chi connectivity index (χ3n) is 5.27. The maximum atomic E-state index is 12.5. The molecule has 0 unspecified atom stereocenters. The molecule has 0 atom stereocenters. The largest absolute Gasteiger partial charge is 0.480 e. The zero-order valence-electron chi connectivity index (χ0n) is 16.2. The predicted molar refractivity (Wildman–Crippen MR) is 112 cm³/mol. The molecule has 0 saturated heterocycles. The van der Waals surface area contributed by atoms with Crippen molar-refractivity contribution >= 4 is 29.0 Å². The molecule has 0 saturated carbocycles. The van der Waals surface area contributed by atoms with Crippen LogP contribution in [0.25, 0.3) is 22.3 Å². The summed E-state index contributed by atoms with van der Waals surface area (Å²) in [6.45, 7) is -0.126. The topological polar surface area (TPSA) is 119 Å². The number of aliphatic carboxylic acids is 1. The molecule has 5 rings (SSSR count). The number of carbonyl (C=O) groups excluding carboxylic acids is 1. The van der Waals surface area contributed by atoms with Crippen LogP contribution in [-0.2, 0) is 16.1 Å². The van der Waals surface area contributed by atoms with Crippen LogP contribution >= 0.6 is 0 Å². The molecular formula is C22H17N5O4. The molecule has 0 spiro atoms. The van der Waals surface area contributed by atoms with Crippen LogP contribution in [0.15, 0.2) is 61.2 Å². The van der Waals surface area contributed by atoms with Crippen LogP contribution in [0.4, 0.5) is 10.6 Å². The van der Waals surface area contributed by atoms with Gasteiger partial charge in [0.2, 0.25) is 0 Å². The number of nitrogens with zero attached hydrogens (tertiary/aromatic N) is 4. The van der Waals surface area contributed by atoms with Crippen LogP contribution in [0.3, 0.4) is 0 Å². The smallest absolute Gasteiger partial charge is 0.412 e. The molecule has 9 heteroatoms. The quantitative estimate of drug-likeness (QED) is 0.513. The minimum Gasteiger partial charge on any atom is -0.480 e. The first kappa shape index (κ1) is 18.7. The van der Waals surface area contributed by atoms with E-state index in [2.05, 4.69) is 32.4 Å². The molecule has 2 N–H and O–H groups in total. The van der Waals surface area contributed by atoms with E-state index in [0.29, 0.717) is 5.65 Å². The highest BCUT2D eigenvalue weighted by Gasteiger charge is 2.29. The van der Waals surface area contributed by atoms with Gasteiger partial charge >= 0.3 is 12.1 Å². The zero-order chi connectivity index (χ0) is 21.4. The number of aromatic nitrogens is 4. The Bertz CT molecular complexity index is 1270. The lowest BCUT2D eigenvalue weighted by Crippen LogP contribution is -2.19. The lowest BCUT2D eigenvalue weighted by Gasteiger charge is -2.14. The number of amides is 1. The Kier molecular flexibility index (Phi) is 4.55. The Hall–Kier alpha value is -4.27. The van der Waals surface area contributed by atoms with E-state index in [4.69, 9.17) is 9.84 Å². The minimum atomic E-state index is -1.02. The van der Waals surface area contributed by atoms with E-state index in [0.717, 1.165) is 22.3 Å². The second kappa shape index (κ2) is 7.52. The van der Waals surface area contributed by atoms with Crippen molar-refractivity contribution in [1.82, 2.24) is 19.5 Å². The number of imidazole rings is 1. The van der Waals surface area contributed by atoms with Gasteiger partial charge in [0.05, 0.1) is 6.33 Å². The predicted octanol–water partition coefficient (Wildman–Crippen LogP) is 3.27. The van der Waals surface area contributed by atoms with Gasteiger partial charge in [-0.3, -0.25) is 10.1 Å². The minimum absolute atomic E-state index is 0.0571. The summed E-state index contributed by atoms with van der Waals surface area (Å²) >= 11 is 0. The molecule has 0 aliphatic heterocycles. The lowest BCUT2D eigenvalue weighted by atomic mass is 9.98. The number of anilines is 1. The highest BCUT2D eigenvalue weighted by atomic mass is 16.5. The molecule has 31 heavy (non-hydrogen) atoms. The van der Waals surface area contributed by atoms with E-state index < -0.39 is 12.1 Å². The fourth-order valence-electron chi connectivity index (χ4n) is 3.96. The van der Waals surface area contributed by atoms with Crippen LogP contribution in [0, 0.1) is 0 Å². The van der Waals surface area contributed by atoms with E-state index in [1.165, 1.54) is 17.2 Å². The van der Waals surface area contributed by atoms with Crippen molar-refractivity contribution in [3.63, 3.8) is 0 Å². The van der Waals surface area contributed by atoms with Gasteiger partial charge in [0.15, 0.2) is 17.0 Å². The van der Waals surface area contributed by atoms with Crippen molar-refractivity contribution < 1.29 is 19.4 Å². The number of hydrogen-bond acceptors (Lipinski definition) is 6. The number of rotatable bonds is 5. The van der Waals surface area contributed by atoms with Crippen LogP contribution in [-0.4, -0.2) is 43.3 Å². The molecule has 9 nitrogen and oxygen atoms in total. The first-order valence-corrected chi connectivity index (χ1v) is 9.61.